The molecule has 0 aliphatic rings. The molecule has 0 unspecified atom stereocenters. The average Bonchev–Trinajstić information content (AvgIpc) is 2.46. The number of benzene rings is 1. The van der Waals surface area contributed by atoms with Crippen molar-refractivity contribution < 1.29 is 14.3 Å². The summed E-state index contributed by atoms with van der Waals surface area (Å²) in [4.78, 5) is 30.7. The van der Waals surface area contributed by atoms with E-state index in [2.05, 4.69) is 37.9 Å². The van der Waals surface area contributed by atoms with Crippen LogP contribution in [0.1, 0.15) is 10.5 Å². The van der Waals surface area contributed by atoms with Gasteiger partial charge in [0.15, 0.2) is 12.3 Å². The van der Waals surface area contributed by atoms with E-state index in [0.717, 1.165) is 3.57 Å². The zero-order valence-corrected chi connectivity index (χ0v) is 12.4. The van der Waals surface area contributed by atoms with Gasteiger partial charge in [-0.25, -0.2) is 9.78 Å². The Labute approximate surface area is 128 Å². The summed E-state index contributed by atoms with van der Waals surface area (Å²) in [5.74, 6) is -1.10. The van der Waals surface area contributed by atoms with E-state index in [1.807, 2.05) is 18.2 Å². The smallest absolute Gasteiger partial charge is 0.359 e. The fourth-order valence-corrected chi connectivity index (χ4v) is 1.92. The van der Waals surface area contributed by atoms with Gasteiger partial charge in [0.1, 0.15) is 0 Å². The lowest BCUT2D eigenvalue weighted by Crippen LogP contribution is -2.21. The molecule has 0 atom stereocenters. The van der Waals surface area contributed by atoms with Crippen LogP contribution in [0.15, 0.2) is 42.9 Å². The van der Waals surface area contributed by atoms with Crippen molar-refractivity contribution >= 4 is 40.2 Å². The maximum Gasteiger partial charge on any atom is 0.359 e. The Kier molecular flexibility index (Phi) is 4.99. The summed E-state index contributed by atoms with van der Waals surface area (Å²) in [5, 5.41) is 2.63. The molecule has 0 bridgehead atoms. The van der Waals surface area contributed by atoms with Crippen molar-refractivity contribution in [2.45, 2.75) is 0 Å². The van der Waals surface area contributed by atoms with Crippen molar-refractivity contribution in [1.29, 1.82) is 0 Å². The van der Waals surface area contributed by atoms with Crippen LogP contribution in [-0.4, -0.2) is 28.5 Å². The van der Waals surface area contributed by atoms with E-state index >= 15 is 0 Å². The second kappa shape index (κ2) is 6.94. The lowest BCUT2D eigenvalue weighted by Gasteiger charge is -2.06. The predicted molar refractivity (Wildman–Crippen MR) is 80.1 cm³/mol. The number of nitrogens with zero attached hydrogens (tertiary/aromatic N) is 2. The number of nitrogens with one attached hydrogen (secondary N) is 1. The van der Waals surface area contributed by atoms with Gasteiger partial charge in [-0.1, -0.05) is 6.07 Å². The summed E-state index contributed by atoms with van der Waals surface area (Å²) in [5.41, 5.74) is 0.715. The quantitative estimate of drug-likeness (QED) is 0.644. The van der Waals surface area contributed by atoms with Gasteiger partial charge >= 0.3 is 5.97 Å². The molecule has 0 aliphatic carbocycles. The molecule has 0 spiro atoms. The molecule has 6 nitrogen and oxygen atoms in total. The number of esters is 1. The molecule has 0 radical (unpaired) electrons. The summed E-state index contributed by atoms with van der Waals surface area (Å²) in [6, 6.07) is 7.29. The van der Waals surface area contributed by atoms with Gasteiger partial charge < -0.3 is 10.1 Å². The van der Waals surface area contributed by atoms with Gasteiger partial charge in [-0.15, -0.1) is 0 Å². The van der Waals surface area contributed by atoms with Crippen LogP contribution in [0.25, 0.3) is 0 Å². The molecular weight excluding hydrogens is 373 g/mol. The van der Waals surface area contributed by atoms with Crippen LogP contribution in [0.3, 0.4) is 0 Å². The molecule has 2 rings (SSSR count). The molecule has 7 heteroatoms. The first-order valence-electron chi connectivity index (χ1n) is 5.64. The molecule has 1 aromatic carbocycles. The monoisotopic (exact) mass is 383 g/mol. The Balaban J connectivity index is 1.85. The van der Waals surface area contributed by atoms with Crippen molar-refractivity contribution in [3.63, 3.8) is 0 Å². The average molecular weight is 383 g/mol. The first-order valence-corrected chi connectivity index (χ1v) is 6.71. The van der Waals surface area contributed by atoms with Gasteiger partial charge in [0.05, 0.1) is 6.20 Å². The number of hydrogen-bond acceptors (Lipinski definition) is 5. The van der Waals surface area contributed by atoms with Crippen LogP contribution in [0.5, 0.6) is 0 Å². The van der Waals surface area contributed by atoms with Crippen molar-refractivity contribution in [2.24, 2.45) is 0 Å². The van der Waals surface area contributed by atoms with E-state index in [0.29, 0.717) is 5.69 Å². The number of aromatic nitrogens is 2. The second-order valence-electron chi connectivity index (χ2n) is 3.73. The van der Waals surface area contributed by atoms with Gasteiger partial charge in [0.2, 0.25) is 0 Å². The maximum atomic E-state index is 11.6. The van der Waals surface area contributed by atoms with Gasteiger partial charge in [-0.3, -0.25) is 9.78 Å². The molecule has 20 heavy (non-hydrogen) atoms. The third-order valence-electron chi connectivity index (χ3n) is 2.22. The lowest BCUT2D eigenvalue weighted by molar-refractivity contribution is -0.119. The fraction of sp³-hybridized carbons (Fsp3) is 0.0769. The van der Waals surface area contributed by atoms with Crippen molar-refractivity contribution in [2.75, 3.05) is 11.9 Å². The number of rotatable bonds is 4. The first-order chi connectivity index (χ1) is 9.65. The van der Waals surface area contributed by atoms with Crippen LogP contribution < -0.4 is 5.32 Å². The summed E-state index contributed by atoms with van der Waals surface area (Å²) in [7, 11) is 0. The van der Waals surface area contributed by atoms with Crippen molar-refractivity contribution in [3.05, 3.63) is 52.1 Å². The minimum absolute atomic E-state index is 0.0644. The number of carbonyl (C=O) groups is 2. The maximum absolute atomic E-state index is 11.6. The molecule has 1 heterocycles. The Morgan fingerprint density at radius 1 is 1.30 bits per heavy atom. The highest BCUT2D eigenvalue weighted by molar-refractivity contribution is 14.1. The summed E-state index contributed by atoms with van der Waals surface area (Å²) < 4.78 is 5.83. The van der Waals surface area contributed by atoms with E-state index in [9.17, 15) is 9.59 Å². The number of amides is 1. The Morgan fingerprint density at radius 3 is 2.85 bits per heavy atom. The third-order valence-corrected chi connectivity index (χ3v) is 2.89. The highest BCUT2D eigenvalue weighted by Crippen LogP contribution is 2.12. The molecule has 2 aromatic rings. The lowest BCUT2D eigenvalue weighted by atomic mass is 10.3. The Hall–Kier alpha value is -2.03. The molecule has 0 aliphatic heterocycles. The minimum Gasteiger partial charge on any atom is -0.451 e. The summed E-state index contributed by atoms with van der Waals surface area (Å²) >= 11 is 2.14. The van der Waals surface area contributed by atoms with E-state index < -0.39 is 11.9 Å². The first kappa shape index (κ1) is 14.4. The van der Waals surface area contributed by atoms with E-state index in [-0.39, 0.29) is 12.3 Å². The highest BCUT2D eigenvalue weighted by Gasteiger charge is 2.11. The molecule has 0 fully saturated rings. The molecular formula is C13H10IN3O3. The number of carbonyl (C=O) groups excluding carboxylic acids is 2. The zero-order chi connectivity index (χ0) is 14.4. The Bertz CT molecular complexity index is 619. The zero-order valence-electron chi connectivity index (χ0n) is 10.2. The molecule has 1 aromatic heterocycles. The van der Waals surface area contributed by atoms with Crippen molar-refractivity contribution in [1.82, 2.24) is 9.97 Å². The Morgan fingerprint density at radius 2 is 2.15 bits per heavy atom. The van der Waals surface area contributed by atoms with Crippen LogP contribution in [0, 0.1) is 3.57 Å². The van der Waals surface area contributed by atoms with Crippen LogP contribution >= 0.6 is 22.6 Å². The second-order valence-corrected chi connectivity index (χ2v) is 4.97. The summed E-state index contributed by atoms with van der Waals surface area (Å²) in [6.07, 6.45) is 4.10. The van der Waals surface area contributed by atoms with Crippen LogP contribution in [-0.2, 0) is 9.53 Å². The minimum atomic E-state index is -0.684. The van der Waals surface area contributed by atoms with E-state index in [1.165, 1.54) is 18.6 Å². The molecule has 102 valence electrons. The van der Waals surface area contributed by atoms with Gasteiger partial charge in [0.25, 0.3) is 5.91 Å². The number of anilines is 1. The van der Waals surface area contributed by atoms with Crippen LogP contribution in [0.4, 0.5) is 5.69 Å². The number of halogens is 1. The molecule has 1 N–H and O–H groups in total. The summed E-state index contributed by atoms with van der Waals surface area (Å²) in [6.45, 7) is -0.374. The highest BCUT2D eigenvalue weighted by atomic mass is 127. The van der Waals surface area contributed by atoms with Gasteiger partial charge in [-0.2, -0.15) is 0 Å². The normalized spacial score (nSPS) is 9.85. The van der Waals surface area contributed by atoms with E-state index in [4.69, 9.17) is 4.74 Å². The SMILES string of the molecule is O=C(COC(=O)c1cnccn1)Nc1cccc(I)c1. The topological polar surface area (TPSA) is 81.2 Å². The number of hydrogen-bond donors (Lipinski definition) is 1. The molecule has 0 saturated carbocycles. The predicted octanol–water partition coefficient (Wildman–Crippen LogP) is 1.88. The van der Waals surface area contributed by atoms with E-state index in [1.54, 1.807) is 6.07 Å². The number of ether oxygens (including phenoxy) is 1. The largest absolute Gasteiger partial charge is 0.451 e. The van der Waals surface area contributed by atoms with Crippen molar-refractivity contribution in [3.8, 4) is 0 Å². The van der Waals surface area contributed by atoms with Gasteiger partial charge in [0, 0.05) is 21.7 Å². The standard InChI is InChI=1S/C13H10IN3O3/c14-9-2-1-3-10(6-9)17-12(18)8-20-13(19)11-7-15-4-5-16-11/h1-7H,8H2,(H,17,18). The molecule has 1 amide bonds. The van der Waals surface area contributed by atoms with Crippen LogP contribution in [0.2, 0.25) is 0 Å². The molecule has 0 saturated heterocycles. The third kappa shape index (κ3) is 4.26. The fourth-order valence-electron chi connectivity index (χ4n) is 1.37. The van der Waals surface area contributed by atoms with Gasteiger partial charge in [-0.05, 0) is 40.8 Å².